The van der Waals surface area contributed by atoms with Crippen molar-refractivity contribution in [1.29, 1.82) is 0 Å². The van der Waals surface area contributed by atoms with Gasteiger partial charge in [0.1, 0.15) is 5.75 Å². The molecule has 3 rings (SSSR count). The number of carbonyl (C=O) groups is 1. The summed E-state index contributed by atoms with van der Waals surface area (Å²) in [6.07, 6.45) is 1.74. The first-order valence-corrected chi connectivity index (χ1v) is 9.12. The summed E-state index contributed by atoms with van der Waals surface area (Å²) in [5, 5.41) is 6.93. The molecule has 0 atom stereocenters. The van der Waals surface area contributed by atoms with Gasteiger partial charge in [-0.1, -0.05) is 19.9 Å². The van der Waals surface area contributed by atoms with Crippen LogP contribution in [-0.2, 0) is 0 Å². The lowest BCUT2D eigenvalue weighted by molar-refractivity contribution is 0.0977. The summed E-state index contributed by atoms with van der Waals surface area (Å²) in [4.78, 5) is 16.7. The zero-order valence-corrected chi connectivity index (χ0v) is 16.0. The molecule has 6 heteroatoms. The Hall–Kier alpha value is -2.99. The van der Waals surface area contributed by atoms with Crippen LogP contribution in [0.2, 0.25) is 0 Å². The Kier molecular flexibility index (Phi) is 5.98. The fraction of sp³-hybridized carbons (Fsp3) is 0.190. The topological polar surface area (TPSA) is 63.2 Å². The molecule has 0 unspecified atom stereocenters. The molecule has 1 heterocycles. The van der Waals surface area contributed by atoms with E-state index in [9.17, 15) is 4.79 Å². The molecule has 0 aliphatic heterocycles. The van der Waals surface area contributed by atoms with Crippen LogP contribution < -0.4 is 15.4 Å². The minimum atomic E-state index is -0.277. The van der Waals surface area contributed by atoms with Crippen LogP contribution in [0.15, 0.2) is 60.8 Å². The van der Waals surface area contributed by atoms with Gasteiger partial charge >= 0.3 is 0 Å². The fourth-order valence-electron chi connectivity index (χ4n) is 2.51. The standard InChI is InChI=1S/C21H21N3O2S/c1-14(2)13-26-16-10-8-15(9-11-16)20(25)24-21(27)23-19-7-3-6-18-17(19)5-4-12-22-18/h3-12,14H,13H2,1-2H3,(H2,23,24,25,27). The summed E-state index contributed by atoms with van der Waals surface area (Å²) < 4.78 is 5.63. The van der Waals surface area contributed by atoms with E-state index in [-0.39, 0.29) is 11.0 Å². The molecule has 2 aromatic carbocycles. The number of pyridine rings is 1. The zero-order chi connectivity index (χ0) is 19.2. The number of ether oxygens (including phenoxy) is 1. The molecule has 138 valence electrons. The summed E-state index contributed by atoms with van der Waals surface area (Å²) in [5.41, 5.74) is 2.16. The van der Waals surface area contributed by atoms with E-state index in [1.54, 1.807) is 30.5 Å². The highest BCUT2D eigenvalue weighted by Crippen LogP contribution is 2.21. The van der Waals surface area contributed by atoms with E-state index in [2.05, 4.69) is 29.5 Å². The molecule has 0 radical (unpaired) electrons. The van der Waals surface area contributed by atoms with Crippen LogP contribution in [0.1, 0.15) is 24.2 Å². The summed E-state index contributed by atoms with van der Waals surface area (Å²) in [6, 6.07) is 16.5. The molecule has 3 aromatic rings. The Morgan fingerprint density at radius 2 is 1.89 bits per heavy atom. The van der Waals surface area contributed by atoms with Gasteiger partial charge in [0, 0.05) is 22.8 Å². The normalized spacial score (nSPS) is 10.6. The van der Waals surface area contributed by atoms with Crippen molar-refractivity contribution in [3.63, 3.8) is 0 Å². The van der Waals surface area contributed by atoms with E-state index in [4.69, 9.17) is 17.0 Å². The second-order valence-corrected chi connectivity index (χ2v) is 6.92. The van der Waals surface area contributed by atoms with Crippen molar-refractivity contribution in [2.45, 2.75) is 13.8 Å². The molecule has 0 spiro atoms. The minimum absolute atomic E-state index is 0.233. The van der Waals surface area contributed by atoms with Crippen LogP contribution in [0, 0.1) is 5.92 Å². The van der Waals surface area contributed by atoms with E-state index < -0.39 is 0 Å². The number of benzene rings is 2. The van der Waals surface area contributed by atoms with Gasteiger partial charge in [-0.05, 0) is 66.7 Å². The fourth-order valence-corrected chi connectivity index (χ4v) is 2.71. The number of rotatable bonds is 5. The van der Waals surface area contributed by atoms with Crippen LogP contribution in [0.4, 0.5) is 5.69 Å². The third kappa shape index (κ3) is 5.01. The Labute approximate surface area is 163 Å². The number of hydrogen-bond donors (Lipinski definition) is 2. The van der Waals surface area contributed by atoms with Gasteiger partial charge in [0.25, 0.3) is 5.91 Å². The predicted octanol–water partition coefficient (Wildman–Crippen LogP) is 4.40. The lowest BCUT2D eigenvalue weighted by Gasteiger charge is -2.12. The zero-order valence-electron chi connectivity index (χ0n) is 15.2. The van der Waals surface area contributed by atoms with E-state index >= 15 is 0 Å². The monoisotopic (exact) mass is 379 g/mol. The maximum absolute atomic E-state index is 12.4. The van der Waals surface area contributed by atoms with Crippen LogP contribution in [-0.4, -0.2) is 22.6 Å². The van der Waals surface area contributed by atoms with E-state index in [1.165, 1.54) is 0 Å². The minimum Gasteiger partial charge on any atom is -0.493 e. The van der Waals surface area contributed by atoms with Crippen molar-refractivity contribution in [3.05, 3.63) is 66.4 Å². The molecular weight excluding hydrogens is 358 g/mol. The number of thiocarbonyl (C=S) groups is 1. The second-order valence-electron chi connectivity index (χ2n) is 6.51. The van der Waals surface area contributed by atoms with Crippen molar-refractivity contribution in [2.75, 3.05) is 11.9 Å². The maximum Gasteiger partial charge on any atom is 0.257 e. The molecule has 27 heavy (non-hydrogen) atoms. The lowest BCUT2D eigenvalue weighted by atomic mass is 10.2. The Balaban J connectivity index is 1.62. The highest BCUT2D eigenvalue weighted by atomic mass is 32.1. The largest absolute Gasteiger partial charge is 0.493 e. The van der Waals surface area contributed by atoms with Gasteiger partial charge < -0.3 is 10.1 Å². The van der Waals surface area contributed by atoms with E-state index in [0.29, 0.717) is 18.1 Å². The maximum atomic E-state index is 12.4. The van der Waals surface area contributed by atoms with E-state index in [1.807, 2.05) is 30.3 Å². The summed E-state index contributed by atoms with van der Waals surface area (Å²) in [7, 11) is 0. The first kappa shape index (κ1) is 18.8. The Morgan fingerprint density at radius 1 is 1.11 bits per heavy atom. The van der Waals surface area contributed by atoms with Gasteiger partial charge in [-0.25, -0.2) is 0 Å². The van der Waals surface area contributed by atoms with Gasteiger partial charge in [-0.3, -0.25) is 15.1 Å². The lowest BCUT2D eigenvalue weighted by Crippen LogP contribution is -2.34. The van der Waals surface area contributed by atoms with Crippen molar-refractivity contribution in [3.8, 4) is 5.75 Å². The van der Waals surface area contributed by atoms with Gasteiger partial charge in [-0.2, -0.15) is 0 Å². The average molecular weight is 379 g/mol. The summed E-state index contributed by atoms with van der Waals surface area (Å²) >= 11 is 5.28. The second kappa shape index (κ2) is 8.60. The molecule has 1 aromatic heterocycles. The highest BCUT2D eigenvalue weighted by molar-refractivity contribution is 7.80. The summed E-state index contributed by atoms with van der Waals surface area (Å²) in [6.45, 7) is 4.81. The predicted molar refractivity (Wildman–Crippen MR) is 112 cm³/mol. The van der Waals surface area contributed by atoms with Crippen molar-refractivity contribution in [1.82, 2.24) is 10.3 Å². The first-order valence-electron chi connectivity index (χ1n) is 8.72. The number of nitrogens with one attached hydrogen (secondary N) is 2. The smallest absolute Gasteiger partial charge is 0.257 e. The van der Waals surface area contributed by atoms with Gasteiger partial charge in [0.2, 0.25) is 0 Å². The third-order valence-corrected chi connectivity index (χ3v) is 4.02. The van der Waals surface area contributed by atoms with Crippen molar-refractivity contribution in [2.24, 2.45) is 5.92 Å². The third-order valence-electron chi connectivity index (χ3n) is 3.82. The molecular formula is C21H21N3O2S. The molecule has 2 N–H and O–H groups in total. The van der Waals surface area contributed by atoms with E-state index in [0.717, 1.165) is 22.3 Å². The molecule has 0 saturated carbocycles. The molecule has 0 saturated heterocycles. The number of nitrogens with zero attached hydrogens (tertiary/aromatic N) is 1. The van der Waals surface area contributed by atoms with Crippen LogP contribution in [0.5, 0.6) is 5.75 Å². The highest BCUT2D eigenvalue weighted by Gasteiger charge is 2.10. The van der Waals surface area contributed by atoms with Crippen LogP contribution >= 0.6 is 12.2 Å². The molecule has 5 nitrogen and oxygen atoms in total. The summed E-state index contributed by atoms with van der Waals surface area (Å²) in [5.74, 6) is 0.908. The molecule has 1 amide bonds. The number of fused-ring (bicyclic) bond motifs is 1. The SMILES string of the molecule is CC(C)COc1ccc(C(=O)NC(=S)Nc2cccc3ncccc23)cc1. The van der Waals surface area contributed by atoms with Crippen molar-refractivity contribution < 1.29 is 9.53 Å². The van der Waals surface area contributed by atoms with Crippen molar-refractivity contribution >= 4 is 39.8 Å². The molecule has 0 fully saturated rings. The van der Waals surface area contributed by atoms with Gasteiger partial charge in [0.05, 0.1) is 12.1 Å². The Bertz CT molecular complexity index is 950. The quantitative estimate of drug-likeness (QED) is 0.644. The van der Waals surface area contributed by atoms with Gasteiger partial charge in [0.15, 0.2) is 5.11 Å². The van der Waals surface area contributed by atoms with Crippen LogP contribution in [0.25, 0.3) is 10.9 Å². The first-order chi connectivity index (χ1) is 13.0. The number of aromatic nitrogens is 1. The van der Waals surface area contributed by atoms with Gasteiger partial charge in [-0.15, -0.1) is 0 Å². The molecule has 0 aliphatic carbocycles. The number of amides is 1. The number of carbonyl (C=O) groups excluding carboxylic acids is 1. The molecule has 0 aliphatic rings. The number of anilines is 1. The average Bonchev–Trinajstić information content (AvgIpc) is 2.67. The number of hydrogen-bond acceptors (Lipinski definition) is 4. The van der Waals surface area contributed by atoms with Crippen LogP contribution in [0.3, 0.4) is 0 Å². The Morgan fingerprint density at radius 3 is 2.63 bits per heavy atom. The molecule has 0 bridgehead atoms.